The van der Waals surface area contributed by atoms with E-state index in [0.717, 1.165) is 0 Å². The van der Waals surface area contributed by atoms with Crippen LogP contribution in [0.1, 0.15) is 0 Å². The van der Waals surface area contributed by atoms with Gasteiger partial charge in [-0.25, -0.2) is 0 Å². The van der Waals surface area contributed by atoms with Crippen molar-refractivity contribution in [1.82, 2.24) is 0 Å². The van der Waals surface area contributed by atoms with Crippen molar-refractivity contribution in [3.05, 3.63) is 60.7 Å². The average Bonchev–Trinajstić information content (AvgIpc) is 2.54. The number of terminal acetylenes is 1. The minimum Gasteiger partial charge on any atom is -0.312 e. The molecule has 0 spiro atoms. The predicted molar refractivity (Wildman–Crippen MR) is 88.3 cm³/mol. The molecule has 0 N–H and O–H groups in total. The topological polar surface area (TPSA) is 60.4 Å². The van der Waals surface area contributed by atoms with Gasteiger partial charge < -0.3 is 4.57 Å². The zero-order valence-corrected chi connectivity index (χ0v) is 13.5. The summed E-state index contributed by atoms with van der Waals surface area (Å²) in [5, 5.41) is 0.933. The van der Waals surface area contributed by atoms with Gasteiger partial charge in [0.1, 0.15) is 12.1 Å². The van der Waals surface area contributed by atoms with Crippen LogP contribution in [0.3, 0.4) is 0 Å². The maximum absolute atomic E-state index is 13.5. The standard InChI is InChI=1S/C16H15O4PS/c1-2-13-20-22(18,19)14-21(17,15-9-5-3-6-10-15)16-11-7-4-8-12-16/h1,3-12H,13-14H2. The molecule has 4 nitrogen and oxygen atoms in total. The first-order valence-electron chi connectivity index (χ1n) is 6.49. The first kappa shape index (κ1) is 16.5. The molecule has 0 atom stereocenters. The van der Waals surface area contributed by atoms with Crippen LogP contribution in [0, 0.1) is 12.3 Å². The molecular weight excluding hydrogens is 319 g/mol. The SMILES string of the molecule is C#CCOS(=O)(=O)CP(=O)(c1ccccc1)c1ccccc1. The Hall–Kier alpha value is -1.86. The fraction of sp³-hybridized carbons (Fsp3) is 0.125. The molecule has 2 aromatic carbocycles. The first-order valence-corrected chi connectivity index (χ1v) is 9.96. The van der Waals surface area contributed by atoms with E-state index >= 15 is 0 Å². The Bertz CT molecular complexity index is 765. The predicted octanol–water partition coefficient (Wildman–Crippen LogP) is 1.94. The molecule has 0 amide bonds. The monoisotopic (exact) mass is 334 g/mol. The normalized spacial score (nSPS) is 11.8. The third kappa shape index (κ3) is 3.86. The summed E-state index contributed by atoms with van der Waals surface area (Å²) in [4.78, 5) is 0. The fourth-order valence-corrected chi connectivity index (χ4v) is 7.14. The van der Waals surface area contributed by atoms with Crippen molar-refractivity contribution in [1.29, 1.82) is 0 Å². The van der Waals surface area contributed by atoms with Crippen LogP contribution >= 0.6 is 7.14 Å². The summed E-state index contributed by atoms with van der Waals surface area (Å²) in [5.41, 5.74) is -0.615. The van der Waals surface area contributed by atoms with Gasteiger partial charge >= 0.3 is 0 Å². The summed E-state index contributed by atoms with van der Waals surface area (Å²) in [6, 6.07) is 17.1. The minimum absolute atomic E-state index is 0.369. The number of benzene rings is 2. The Morgan fingerprint density at radius 2 is 1.41 bits per heavy atom. The Morgan fingerprint density at radius 1 is 0.955 bits per heavy atom. The third-order valence-corrected chi connectivity index (χ3v) is 8.47. The lowest BCUT2D eigenvalue weighted by molar-refractivity contribution is 0.366. The van der Waals surface area contributed by atoms with E-state index in [1.807, 2.05) is 0 Å². The second-order valence-electron chi connectivity index (χ2n) is 4.56. The van der Waals surface area contributed by atoms with E-state index < -0.39 is 22.8 Å². The lowest BCUT2D eigenvalue weighted by Gasteiger charge is -2.18. The largest absolute Gasteiger partial charge is 0.312 e. The van der Waals surface area contributed by atoms with Crippen molar-refractivity contribution < 1.29 is 17.2 Å². The van der Waals surface area contributed by atoms with Gasteiger partial charge in [0.25, 0.3) is 10.1 Å². The van der Waals surface area contributed by atoms with Crippen LogP contribution in [-0.2, 0) is 18.9 Å². The van der Waals surface area contributed by atoms with E-state index in [0.29, 0.717) is 10.6 Å². The van der Waals surface area contributed by atoms with Crippen molar-refractivity contribution in [2.24, 2.45) is 0 Å². The molecule has 0 bridgehead atoms. The zero-order valence-electron chi connectivity index (χ0n) is 11.8. The lowest BCUT2D eigenvalue weighted by atomic mass is 10.4. The van der Waals surface area contributed by atoms with Crippen molar-refractivity contribution in [2.45, 2.75) is 0 Å². The van der Waals surface area contributed by atoms with Gasteiger partial charge in [0.15, 0.2) is 7.14 Å². The molecular formula is C16H15O4PS. The summed E-state index contributed by atoms with van der Waals surface area (Å²) >= 11 is 0. The molecule has 0 aromatic heterocycles. The summed E-state index contributed by atoms with van der Waals surface area (Å²) in [5.74, 6) is 2.10. The highest BCUT2D eigenvalue weighted by Gasteiger charge is 2.33. The zero-order chi connectivity index (χ0) is 16.1. The molecule has 0 aliphatic heterocycles. The summed E-state index contributed by atoms with van der Waals surface area (Å²) in [7, 11) is -7.37. The van der Waals surface area contributed by atoms with E-state index in [9.17, 15) is 13.0 Å². The highest BCUT2D eigenvalue weighted by molar-refractivity contribution is 7.99. The smallest absolute Gasteiger partial charge is 0.275 e. The Labute approximate surface area is 130 Å². The van der Waals surface area contributed by atoms with Crippen LogP contribution in [0.25, 0.3) is 0 Å². The first-order chi connectivity index (χ1) is 10.5. The molecule has 0 saturated carbocycles. The van der Waals surface area contributed by atoms with Gasteiger partial charge in [-0.05, 0) is 0 Å². The van der Waals surface area contributed by atoms with Crippen LogP contribution in [0.5, 0.6) is 0 Å². The highest BCUT2D eigenvalue weighted by Crippen LogP contribution is 2.44. The van der Waals surface area contributed by atoms with Gasteiger partial charge in [-0.15, -0.1) is 6.42 Å². The molecule has 2 aromatic rings. The lowest BCUT2D eigenvalue weighted by Crippen LogP contribution is -2.23. The molecule has 6 heteroatoms. The molecule has 0 aliphatic carbocycles. The molecule has 0 heterocycles. The van der Waals surface area contributed by atoms with E-state index in [2.05, 4.69) is 10.1 Å². The number of rotatable bonds is 6. The molecule has 0 unspecified atom stereocenters. The van der Waals surface area contributed by atoms with Gasteiger partial charge in [-0.1, -0.05) is 66.6 Å². The van der Waals surface area contributed by atoms with Crippen LogP contribution in [0.2, 0.25) is 0 Å². The molecule has 0 saturated heterocycles. The van der Waals surface area contributed by atoms with Gasteiger partial charge in [0.2, 0.25) is 0 Å². The van der Waals surface area contributed by atoms with E-state index in [-0.39, 0.29) is 6.61 Å². The summed E-state index contributed by atoms with van der Waals surface area (Å²) in [6.45, 7) is -0.369. The van der Waals surface area contributed by atoms with Gasteiger partial charge in [0, 0.05) is 10.6 Å². The van der Waals surface area contributed by atoms with Crippen LogP contribution in [-0.4, -0.2) is 20.5 Å². The molecule has 114 valence electrons. The van der Waals surface area contributed by atoms with Crippen molar-refractivity contribution in [2.75, 3.05) is 12.1 Å². The van der Waals surface area contributed by atoms with Crippen molar-refractivity contribution >= 4 is 27.9 Å². The Kier molecular flexibility index (Phi) is 5.20. The van der Waals surface area contributed by atoms with Crippen LogP contribution < -0.4 is 10.6 Å². The van der Waals surface area contributed by atoms with Gasteiger partial charge in [-0.3, -0.25) is 4.18 Å². The fourth-order valence-electron chi connectivity index (χ4n) is 2.02. The van der Waals surface area contributed by atoms with Crippen LogP contribution in [0.4, 0.5) is 0 Å². The van der Waals surface area contributed by atoms with Crippen LogP contribution in [0.15, 0.2) is 60.7 Å². The highest BCUT2D eigenvalue weighted by atomic mass is 32.2. The average molecular weight is 334 g/mol. The Morgan fingerprint density at radius 3 is 1.82 bits per heavy atom. The number of hydrogen-bond donors (Lipinski definition) is 0. The second-order valence-corrected chi connectivity index (χ2v) is 9.46. The molecule has 2 rings (SSSR count). The van der Waals surface area contributed by atoms with E-state index in [1.54, 1.807) is 60.7 Å². The van der Waals surface area contributed by atoms with Gasteiger partial charge in [-0.2, -0.15) is 8.42 Å². The molecule has 0 aliphatic rings. The van der Waals surface area contributed by atoms with E-state index in [4.69, 9.17) is 6.42 Å². The molecule has 22 heavy (non-hydrogen) atoms. The number of hydrogen-bond acceptors (Lipinski definition) is 4. The second kappa shape index (κ2) is 6.93. The van der Waals surface area contributed by atoms with Crippen molar-refractivity contribution in [3.63, 3.8) is 0 Å². The minimum atomic E-state index is -4.00. The van der Waals surface area contributed by atoms with E-state index in [1.165, 1.54) is 0 Å². The van der Waals surface area contributed by atoms with Crippen molar-refractivity contribution in [3.8, 4) is 12.3 Å². The van der Waals surface area contributed by atoms with Gasteiger partial charge in [0.05, 0.1) is 0 Å². The third-order valence-electron chi connectivity index (χ3n) is 3.01. The maximum atomic E-state index is 13.5. The molecule has 0 fully saturated rings. The Balaban J connectivity index is 2.49. The maximum Gasteiger partial charge on any atom is 0.275 e. The molecule has 0 radical (unpaired) electrons. The summed E-state index contributed by atoms with van der Waals surface area (Å²) < 4.78 is 42.3. The summed E-state index contributed by atoms with van der Waals surface area (Å²) in [6.07, 6.45) is 5.01. The quantitative estimate of drug-likeness (QED) is 0.460.